The van der Waals surface area contributed by atoms with Crippen molar-refractivity contribution in [3.05, 3.63) is 35.4 Å². The summed E-state index contributed by atoms with van der Waals surface area (Å²) in [4.78, 5) is 43.4. The Balaban J connectivity index is 1.44. The Kier molecular flexibility index (Phi) is 5.64. The number of nitrogens with zero attached hydrogens (tertiary/aromatic N) is 3. The summed E-state index contributed by atoms with van der Waals surface area (Å²) in [5, 5.41) is 0. The van der Waals surface area contributed by atoms with E-state index in [0.717, 1.165) is 63.7 Å². The molecule has 1 atom stereocenters. The molecule has 1 aromatic carbocycles. The molecule has 3 heterocycles. The number of benzene rings is 1. The van der Waals surface area contributed by atoms with Crippen LogP contribution < -0.4 is 0 Å². The van der Waals surface area contributed by atoms with E-state index >= 15 is 0 Å². The van der Waals surface area contributed by atoms with Gasteiger partial charge in [0.25, 0.3) is 5.91 Å². The zero-order chi connectivity index (χ0) is 19.5. The minimum Gasteiger partial charge on any atom is -0.341 e. The van der Waals surface area contributed by atoms with E-state index in [-0.39, 0.29) is 23.8 Å². The van der Waals surface area contributed by atoms with Gasteiger partial charge in [-0.05, 0) is 56.2 Å². The van der Waals surface area contributed by atoms with Crippen LogP contribution in [-0.4, -0.2) is 64.6 Å². The SMILES string of the molecule is O=C1CCCN1Cc1ccc(C(=O)N2CCCCC2C(=O)N2CCCC2)cc1. The first-order valence-electron chi connectivity index (χ1n) is 10.6. The molecule has 0 aromatic heterocycles. The van der Waals surface area contributed by atoms with Crippen LogP contribution in [-0.2, 0) is 16.1 Å². The smallest absolute Gasteiger partial charge is 0.254 e. The van der Waals surface area contributed by atoms with Crippen molar-refractivity contribution in [3.63, 3.8) is 0 Å². The van der Waals surface area contributed by atoms with Crippen molar-refractivity contribution in [1.82, 2.24) is 14.7 Å². The maximum absolute atomic E-state index is 13.1. The number of amides is 3. The van der Waals surface area contributed by atoms with Crippen LogP contribution in [0.4, 0.5) is 0 Å². The third kappa shape index (κ3) is 3.91. The van der Waals surface area contributed by atoms with Gasteiger partial charge in [-0.15, -0.1) is 0 Å². The van der Waals surface area contributed by atoms with Crippen molar-refractivity contribution in [2.75, 3.05) is 26.2 Å². The lowest BCUT2D eigenvalue weighted by Crippen LogP contribution is -2.52. The Labute approximate surface area is 166 Å². The molecule has 0 bridgehead atoms. The minimum atomic E-state index is -0.318. The molecule has 0 aliphatic carbocycles. The van der Waals surface area contributed by atoms with Gasteiger partial charge in [-0.1, -0.05) is 12.1 Å². The predicted molar refractivity (Wildman–Crippen MR) is 106 cm³/mol. The molecular weight excluding hydrogens is 354 g/mol. The summed E-state index contributed by atoms with van der Waals surface area (Å²) in [5.74, 6) is 0.271. The molecule has 0 N–H and O–H groups in total. The molecule has 150 valence electrons. The van der Waals surface area contributed by atoms with E-state index in [9.17, 15) is 14.4 Å². The van der Waals surface area contributed by atoms with Crippen molar-refractivity contribution >= 4 is 17.7 Å². The first-order chi connectivity index (χ1) is 13.6. The minimum absolute atomic E-state index is 0.0546. The van der Waals surface area contributed by atoms with Crippen LogP contribution in [0.3, 0.4) is 0 Å². The van der Waals surface area contributed by atoms with Crippen LogP contribution >= 0.6 is 0 Å². The Morgan fingerprint density at radius 3 is 2.29 bits per heavy atom. The Bertz CT molecular complexity index is 740. The van der Waals surface area contributed by atoms with Gasteiger partial charge in [-0.3, -0.25) is 14.4 Å². The van der Waals surface area contributed by atoms with Gasteiger partial charge < -0.3 is 14.7 Å². The molecular formula is C22H29N3O3. The number of rotatable bonds is 4. The van der Waals surface area contributed by atoms with Gasteiger partial charge in [0.2, 0.25) is 11.8 Å². The highest BCUT2D eigenvalue weighted by Crippen LogP contribution is 2.24. The second kappa shape index (κ2) is 8.33. The van der Waals surface area contributed by atoms with E-state index in [0.29, 0.717) is 25.1 Å². The number of likely N-dealkylation sites (tertiary alicyclic amines) is 3. The quantitative estimate of drug-likeness (QED) is 0.802. The highest BCUT2D eigenvalue weighted by atomic mass is 16.2. The molecule has 3 amide bonds. The molecule has 3 fully saturated rings. The first kappa shape index (κ1) is 19.0. The molecule has 0 saturated carbocycles. The molecule has 4 rings (SSSR count). The summed E-state index contributed by atoms with van der Waals surface area (Å²) in [6, 6.07) is 7.22. The summed E-state index contributed by atoms with van der Waals surface area (Å²) >= 11 is 0. The van der Waals surface area contributed by atoms with Crippen molar-refractivity contribution in [3.8, 4) is 0 Å². The van der Waals surface area contributed by atoms with E-state index in [1.54, 1.807) is 4.90 Å². The molecule has 28 heavy (non-hydrogen) atoms. The summed E-state index contributed by atoms with van der Waals surface area (Å²) in [5.41, 5.74) is 1.66. The second-order valence-corrected chi connectivity index (χ2v) is 8.16. The summed E-state index contributed by atoms with van der Waals surface area (Å²) < 4.78 is 0. The largest absolute Gasteiger partial charge is 0.341 e. The zero-order valence-corrected chi connectivity index (χ0v) is 16.4. The fourth-order valence-electron chi connectivity index (χ4n) is 4.59. The highest BCUT2D eigenvalue weighted by molar-refractivity contribution is 5.97. The number of hydrogen-bond donors (Lipinski definition) is 0. The van der Waals surface area contributed by atoms with Crippen molar-refractivity contribution < 1.29 is 14.4 Å². The van der Waals surface area contributed by atoms with E-state index in [4.69, 9.17) is 0 Å². The lowest BCUT2D eigenvalue weighted by molar-refractivity contribution is -0.136. The van der Waals surface area contributed by atoms with Gasteiger partial charge >= 0.3 is 0 Å². The van der Waals surface area contributed by atoms with Crippen LogP contribution in [0.5, 0.6) is 0 Å². The van der Waals surface area contributed by atoms with Gasteiger partial charge in [0.15, 0.2) is 0 Å². The van der Waals surface area contributed by atoms with E-state index in [2.05, 4.69) is 0 Å². The lowest BCUT2D eigenvalue weighted by Gasteiger charge is -2.36. The lowest BCUT2D eigenvalue weighted by atomic mass is 9.99. The average Bonchev–Trinajstić information content (AvgIpc) is 3.40. The molecule has 1 aromatic rings. The topological polar surface area (TPSA) is 60.9 Å². The first-order valence-corrected chi connectivity index (χ1v) is 10.6. The third-order valence-electron chi connectivity index (χ3n) is 6.21. The number of piperidine rings is 1. The fraction of sp³-hybridized carbons (Fsp3) is 0.591. The van der Waals surface area contributed by atoms with Gasteiger partial charge in [-0.25, -0.2) is 0 Å². The van der Waals surface area contributed by atoms with Gasteiger partial charge in [0.05, 0.1) is 0 Å². The molecule has 3 aliphatic heterocycles. The fourth-order valence-corrected chi connectivity index (χ4v) is 4.59. The Morgan fingerprint density at radius 1 is 0.893 bits per heavy atom. The van der Waals surface area contributed by atoms with Crippen LogP contribution in [0, 0.1) is 0 Å². The Hall–Kier alpha value is -2.37. The number of hydrogen-bond acceptors (Lipinski definition) is 3. The zero-order valence-electron chi connectivity index (χ0n) is 16.4. The van der Waals surface area contributed by atoms with Crippen LogP contribution in [0.2, 0.25) is 0 Å². The molecule has 3 saturated heterocycles. The molecule has 0 spiro atoms. The molecule has 1 unspecified atom stereocenters. The average molecular weight is 383 g/mol. The van der Waals surface area contributed by atoms with E-state index in [1.165, 1.54) is 0 Å². The van der Waals surface area contributed by atoms with Crippen LogP contribution in [0.15, 0.2) is 24.3 Å². The summed E-state index contributed by atoms with van der Waals surface area (Å²) in [7, 11) is 0. The second-order valence-electron chi connectivity index (χ2n) is 8.16. The van der Waals surface area contributed by atoms with E-state index < -0.39 is 0 Å². The summed E-state index contributed by atoms with van der Waals surface area (Å²) in [6.07, 6.45) is 6.40. The summed E-state index contributed by atoms with van der Waals surface area (Å²) in [6.45, 7) is 3.70. The predicted octanol–water partition coefficient (Wildman–Crippen LogP) is 2.43. The van der Waals surface area contributed by atoms with Crippen LogP contribution in [0.1, 0.15) is 60.9 Å². The number of carbonyl (C=O) groups excluding carboxylic acids is 3. The molecule has 3 aliphatic rings. The normalized spacial score (nSPS) is 22.8. The van der Waals surface area contributed by atoms with Gasteiger partial charge in [0, 0.05) is 44.7 Å². The maximum Gasteiger partial charge on any atom is 0.254 e. The highest BCUT2D eigenvalue weighted by Gasteiger charge is 2.35. The van der Waals surface area contributed by atoms with E-state index in [1.807, 2.05) is 34.1 Å². The maximum atomic E-state index is 13.1. The molecule has 0 radical (unpaired) electrons. The third-order valence-corrected chi connectivity index (χ3v) is 6.21. The van der Waals surface area contributed by atoms with Crippen LogP contribution in [0.25, 0.3) is 0 Å². The standard InChI is InChI=1S/C22H29N3O3/c26-20-7-5-14-24(20)16-17-8-10-18(11-9-17)21(27)25-15-2-1-6-19(25)22(28)23-12-3-4-13-23/h8-11,19H,1-7,12-16H2. The Morgan fingerprint density at radius 2 is 1.61 bits per heavy atom. The monoisotopic (exact) mass is 383 g/mol. The van der Waals surface area contributed by atoms with Crippen molar-refractivity contribution in [2.24, 2.45) is 0 Å². The molecule has 6 heteroatoms. The molecule has 6 nitrogen and oxygen atoms in total. The van der Waals surface area contributed by atoms with Gasteiger partial charge in [-0.2, -0.15) is 0 Å². The van der Waals surface area contributed by atoms with Gasteiger partial charge in [0.1, 0.15) is 6.04 Å². The van der Waals surface area contributed by atoms with Crippen molar-refractivity contribution in [2.45, 2.75) is 57.5 Å². The number of carbonyl (C=O) groups is 3. The van der Waals surface area contributed by atoms with Crippen molar-refractivity contribution in [1.29, 1.82) is 0 Å².